The predicted molar refractivity (Wildman–Crippen MR) is 87.9 cm³/mol. The Morgan fingerprint density at radius 3 is 1.20 bits per heavy atom. The lowest BCUT2D eigenvalue weighted by Gasteiger charge is -2.42. The van der Waals surface area contributed by atoms with Crippen molar-refractivity contribution in [2.45, 2.75) is 92.1 Å². The van der Waals surface area contributed by atoms with Crippen LogP contribution < -0.4 is 0 Å². The standard InChI is InChI=1S/C16H34O3Si/c1-11-12-13-20(17-14(2,3)4,18-15(5,6)7)19-16(8,9)10/h11-12H,13H2,1-10H3/b12-11+. The third kappa shape index (κ3) is 9.70. The van der Waals surface area contributed by atoms with E-state index >= 15 is 0 Å². The van der Waals surface area contributed by atoms with Gasteiger partial charge in [0.25, 0.3) is 0 Å². The van der Waals surface area contributed by atoms with Gasteiger partial charge in [0.2, 0.25) is 0 Å². The molecule has 120 valence electrons. The van der Waals surface area contributed by atoms with Crippen LogP contribution in [0.15, 0.2) is 12.2 Å². The second-order valence-electron chi connectivity index (χ2n) is 8.10. The molecule has 0 atom stereocenters. The van der Waals surface area contributed by atoms with Gasteiger partial charge in [0.05, 0.1) is 16.8 Å². The van der Waals surface area contributed by atoms with Crippen LogP contribution in [0.2, 0.25) is 6.04 Å². The van der Waals surface area contributed by atoms with Crippen molar-refractivity contribution in [1.82, 2.24) is 0 Å². The van der Waals surface area contributed by atoms with E-state index in [1.165, 1.54) is 0 Å². The van der Waals surface area contributed by atoms with E-state index in [4.69, 9.17) is 13.3 Å². The van der Waals surface area contributed by atoms with Crippen LogP contribution in [-0.2, 0) is 13.3 Å². The van der Waals surface area contributed by atoms with Gasteiger partial charge in [0, 0.05) is 6.04 Å². The summed E-state index contributed by atoms with van der Waals surface area (Å²) in [6.45, 7) is 20.4. The molecule has 0 fully saturated rings. The molecule has 0 aromatic carbocycles. The second-order valence-corrected chi connectivity index (χ2v) is 10.5. The summed E-state index contributed by atoms with van der Waals surface area (Å²) in [5, 5.41) is 0. The van der Waals surface area contributed by atoms with E-state index in [0.29, 0.717) is 6.04 Å². The third-order valence-electron chi connectivity index (χ3n) is 1.99. The molecule has 0 rings (SSSR count). The van der Waals surface area contributed by atoms with Gasteiger partial charge in [-0.15, -0.1) is 0 Å². The molecule has 20 heavy (non-hydrogen) atoms. The van der Waals surface area contributed by atoms with Crippen LogP contribution in [0.3, 0.4) is 0 Å². The first-order valence-corrected chi connectivity index (χ1v) is 9.33. The Bertz CT molecular complexity index is 275. The normalized spacial score (nSPS) is 15.1. The highest BCUT2D eigenvalue weighted by molar-refractivity contribution is 6.61. The van der Waals surface area contributed by atoms with Gasteiger partial charge in [-0.25, -0.2) is 0 Å². The van der Waals surface area contributed by atoms with Crippen LogP contribution in [0.4, 0.5) is 0 Å². The summed E-state index contributed by atoms with van der Waals surface area (Å²) in [6, 6.07) is 0.690. The van der Waals surface area contributed by atoms with Crippen molar-refractivity contribution >= 4 is 8.80 Å². The lowest BCUT2D eigenvalue weighted by molar-refractivity contribution is -0.0735. The summed E-state index contributed by atoms with van der Waals surface area (Å²) in [4.78, 5) is 0. The summed E-state index contributed by atoms with van der Waals surface area (Å²) in [6.07, 6.45) is 4.10. The van der Waals surface area contributed by atoms with E-state index in [2.05, 4.69) is 6.08 Å². The molecule has 0 spiro atoms. The highest BCUT2D eigenvalue weighted by Crippen LogP contribution is 2.31. The summed E-state index contributed by atoms with van der Waals surface area (Å²) < 4.78 is 19.0. The number of hydrogen-bond acceptors (Lipinski definition) is 3. The molecular weight excluding hydrogens is 268 g/mol. The van der Waals surface area contributed by atoms with Crippen LogP contribution >= 0.6 is 0 Å². The number of hydrogen-bond donors (Lipinski definition) is 0. The molecule has 0 aliphatic rings. The fraction of sp³-hybridized carbons (Fsp3) is 0.875. The van der Waals surface area contributed by atoms with Crippen molar-refractivity contribution in [3.63, 3.8) is 0 Å². The first-order valence-electron chi connectivity index (χ1n) is 7.40. The molecule has 0 heterocycles. The minimum absolute atomic E-state index is 0.301. The highest BCUT2D eigenvalue weighted by atomic mass is 28.4. The monoisotopic (exact) mass is 302 g/mol. The molecule has 0 aliphatic heterocycles. The zero-order valence-corrected chi connectivity index (χ0v) is 16.1. The van der Waals surface area contributed by atoms with Gasteiger partial charge in [-0.1, -0.05) is 12.2 Å². The Morgan fingerprint density at radius 1 is 0.700 bits per heavy atom. The fourth-order valence-electron chi connectivity index (χ4n) is 1.85. The first kappa shape index (κ1) is 19.8. The zero-order chi connectivity index (χ0) is 16.2. The van der Waals surface area contributed by atoms with E-state index in [-0.39, 0.29) is 16.8 Å². The molecule has 0 radical (unpaired) electrons. The van der Waals surface area contributed by atoms with Crippen LogP contribution in [0.5, 0.6) is 0 Å². The molecule has 0 bridgehead atoms. The van der Waals surface area contributed by atoms with Crippen LogP contribution in [0.25, 0.3) is 0 Å². The Hall–Kier alpha value is -0.163. The minimum atomic E-state index is -2.81. The smallest absolute Gasteiger partial charge is 0.368 e. The van der Waals surface area contributed by atoms with Crippen LogP contribution in [-0.4, -0.2) is 25.6 Å². The highest BCUT2D eigenvalue weighted by Gasteiger charge is 2.49. The van der Waals surface area contributed by atoms with Crippen molar-refractivity contribution in [3.8, 4) is 0 Å². The molecule has 0 amide bonds. The molecule has 0 aliphatic carbocycles. The lowest BCUT2D eigenvalue weighted by atomic mass is 10.2. The van der Waals surface area contributed by atoms with Gasteiger partial charge in [0.15, 0.2) is 0 Å². The van der Waals surface area contributed by atoms with Crippen molar-refractivity contribution in [2.24, 2.45) is 0 Å². The van der Waals surface area contributed by atoms with Crippen molar-refractivity contribution in [1.29, 1.82) is 0 Å². The predicted octanol–water partition coefficient (Wildman–Crippen LogP) is 4.95. The van der Waals surface area contributed by atoms with Crippen molar-refractivity contribution in [3.05, 3.63) is 12.2 Å². The Morgan fingerprint density at radius 2 is 1.00 bits per heavy atom. The molecule has 0 aromatic rings. The van der Waals surface area contributed by atoms with Gasteiger partial charge in [0.1, 0.15) is 0 Å². The SMILES string of the molecule is C/C=C/C[Si](OC(C)(C)C)(OC(C)(C)C)OC(C)(C)C. The Kier molecular flexibility index (Phi) is 6.68. The van der Waals surface area contributed by atoms with E-state index < -0.39 is 8.80 Å². The maximum atomic E-state index is 6.32. The van der Waals surface area contributed by atoms with Gasteiger partial charge in [-0.3, -0.25) is 0 Å². The van der Waals surface area contributed by atoms with E-state index in [9.17, 15) is 0 Å². The summed E-state index contributed by atoms with van der Waals surface area (Å²) >= 11 is 0. The molecular formula is C16H34O3Si. The third-order valence-corrected chi connectivity index (χ3v) is 5.49. The van der Waals surface area contributed by atoms with Gasteiger partial charge < -0.3 is 13.3 Å². The Labute approximate surface area is 127 Å². The lowest BCUT2D eigenvalue weighted by Crippen LogP contribution is -2.56. The van der Waals surface area contributed by atoms with Crippen molar-refractivity contribution in [2.75, 3.05) is 0 Å². The maximum Gasteiger partial charge on any atom is 0.506 e. The fourth-order valence-corrected chi connectivity index (χ4v) is 5.55. The molecule has 0 saturated carbocycles. The quantitative estimate of drug-likeness (QED) is 0.531. The summed E-state index contributed by atoms with van der Waals surface area (Å²) in [5.74, 6) is 0. The zero-order valence-electron chi connectivity index (χ0n) is 15.1. The molecule has 0 aromatic heterocycles. The van der Waals surface area contributed by atoms with Crippen LogP contribution in [0, 0.1) is 0 Å². The maximum absolute atomic E-state index is 6.32. The van der Waals surface area contributed by atoms with Gasteiger partial charge >= 0.3 is 8.80 Å². The van der Waals surface area contributed by atoms with E-state index in [1.807, 2.05) is 75.3 Å². The largest absolute Gasteiger partial charge is 0.506 e. The second kappa shape index (κ2) is 6.73. The van der Waals surface area contributed by atoms with Gasteiger partial charge in [-0.2, -0.15) is 0 Å². The Balaban J connectivity index is 5.50. The summed E-state index contributed by atoms with van der Waals surface area (Å²) in [5.41, 5.74) is -0.904. The molecule has 0 N–H and O–H groups in total. The molecule has 0 unspecified atom stereocenters. The average molecular weight is 303 g/mol. The van der Waals surface area contributed by atoms with Crippen molar-refractivity contribution < 1.29 is 13.3 Å². The topological polar surface area (TPSA) is 27.7 Å². The van der Waals surface area contributed by atoms with Gasteiger partial charge in [-0.05, 0) is 69.2 Å². The molecule has 4 heteroatoms. The number of allylic oxidation sites excluding steroid dienone is 2. The molecule has 0 saturated heterocycles. The first-order chi connectivity index (χ1) is 8.68. The van der Waals surface area contributed by atoms with E-state index in [1.54, 1.807) is 0 Å². The number of rotatable bonds is 5. The van der Waals surface area contributed by atoms with E-state index in [0.717, 1.165) is 0 Å². The van der Waals surface area contributed by atoms with Crippen LogP contribution in [0.1, 0.15) is 69.2 Å². The minimum Gasteiger partial charge on any atom is -0.368 e. The summed E-state index contributed by atoms with van der Waals surface area (Å²) in [7, 11) is -2.81. The average Bonchev–Trinajstić information content (AvgIpc) is 2.05. The molecule has 3 nitrogen and oxygen atoms in total.